The fraction of sp³-hybridized carbons (Fsp3) is 0.333. The highest BCUT2D eigenvalue weighted by molar-refractivity contribution is 5.50. The minimum Gasteiger partial charge on any atom is -0.378 e. The van der Waals surface area contributed by atoms with Crippen LogP contribution in [0.3, 0.4) is 0 Å². The van der Waals surface area contributed by atoms with Gasteiger partial charge in [0.05, 0.1) is 18.9 Å². The summed E-state index contributed by atoms with van der Waals surface area (Å²) < 4.78 is 32.2. The van der Waals surface area contributed by atoms with Crippen LogP contribution >= 0.6 is 0 Å². The number of nitrogens with zero attached hydrogens (tertiary/aromatic N) is 1. The molecule has 1 saturated heterocycles. The van der Waals surface area contributed by atoms with Crippen LogP contribution in [0.2, 0.25) is 0 Å². The van der Waals surface area contributed by atoms with Crippen molar-refractivity contribution in [2.45, 2.75) is 13.1 Å². The van der Waals surface area contributed by atoms with Gasteiger partial charge in [0.2, 0.25) is 0 Å². The van der Waals surface area contributed by atoms with Gasteiger partial charge in [0.25, 0.3) is 0 Å². The lowest BCUT2D eigenvalue weighted by Crippen LogP contribution is -2.36. The predicted octanol–water partition coefficient (Wildman–Crippen LogP) is 3.09. The van der Waals surface area contributed by atoms with Crippen molar-refractivity contribution in [1.29, 1.82) is 0 Å². The SMILES string of the molecule is Fc1ccc(CNCc2ccc(F)c(N3CCOCC3)c2)cc1. The molecule has 5 heteroatoms. The topological polar surface area (TPSA) is 24.5 Å². The van der Waals surface area contributed by atoms with Crippen LogP contribution in [-0.4, -0.2) is 26.3 Å². The number of hydrogen-bond donors (Lipinski definition) is 1. The van der Waals surface area contributed by atoms with E-state index < -0.39 is 0 Å². The Kier molecular flexibility index (Phi) is 5.20. The second kappa shape index (κ2) is 7.53. The molecule has 1 aliphatic rings. The summed E-state index contributed by atoms with van der Waals surface area (Å²) in [6.45, 7) is 3.96. The molecule has 0 atom stereocenters. The van der Waals surface area contributed by atoms with Crippen molar-refractivity contribution in [1.82, 2.24) is 5.32 Å². The van der Waals surface area contributed by atoms with Crippen molar-refractivity contribution in [3.8, 4) is 0 Å². The molecule has 122 valence electrons. The highest BCUT2D eigenvalue weighted by Crippen LogP contribution is 2.22. The van der Waals surface area contributed by atoms with Gasteiger partial charge >= 0.3 is 0 Å². The summed E-state index contributed by atoms with van der Waals surface area (Å²) in [6, 6.07) is 11.6. The monoisotopic (exact) mass is 318 g/mol. The molecule has 0 radical (unpaired) electrons. The fourth-order valence-electron chi connectivity index (χ4n) is 2.67. The normalized spacial score (nSPS) is 15.0. The zero-order valence-corrected chi connectivity index (χ0v) is 12.9. The van der Waals surface area contributed by atoms with Crippen LogP contribution in [0.4, 0.5) is 14.5 Å². The van der Waals surface area contributed by atoms with Gasteiger partial charge in [0.15, 0.2) is 0 Å². The first-order chi connectivity index (χ1) is 11.2. The van der Waals surface area contributed by atoms with E-state index in [9.17, 15) is 8.78 Å². The van der Waals surface area contributed by atoms with E-state index in [-0.39, 0.29) is 11.6 Å². The Balaban J connectivity index is 1.60. The molecule has 3 nitrogen and oxygen atoms in total. The third-order valence-corrected chi connectivity index (χ3v) is 3.93. The molecule has 0 bridgehead atoms. The summed E-state index contributed by atoms with van der Waals surface area (Å²) in [5.41, 5.74) is 2.67. The third kappa shape index (κ3) is 4.27. The number of morpholine rings is 1. The van der Waals surface area contributed by atoms with Crippen LogP contribution in [0, 0.1) is 11.6 Å². The number of hydrogen-bond acceptors (Lipinski definition) is 3. The van der Waals surface area contributed by atoms with Gasteiger partial charge in [-0.25, -0.2) is 8.78 Å². The lowest BCUT2D eigenvalue weighted by atomic mass is 10.1. The van der Waals surface area contributed by atoms with Gasteiger partial charge in [-0.05, 0) is 35.4 Å². The van der Waals surface area contributed by atoms with Gasteiger partial charge in [-0.1, -0.05) is 18.2 Å². The molecule has 0 aromatic heterocycles. The summed E-state index contributed by atoms with van der Waals surface area (Å²) in [5.74, 6) is -0.434. The molecule has 2 aromatic rings. The Morgan fingerprint density at radius 2 is 1.57 bits per heavy atom. The number of rotatable bonds is 5. The average Bonchev–Trinajstić information content (AvgIpc) is 2.59. The maximum absolute atomic E-state index is 14.0. The fourth-order valence-corrected chi connectivity index (χ4v) is 2.67. The Morgan fingerprint density at radius 1 is 0.913 bits per heavy atom. The van der Waals surface area contributed by atoms with Gasteiger partial charge in [0, 0.05) is 26.2 Å². The molecule has 0 saturated carbocycles. The zero-order valence-electron chi connectivity index (χ0n) is 12.9. The summed E-state index contributed by atoms with van der Waals surface area (Å²) in [7, 11) is 0. The second-order valence-corrected chi connectivity index (χ2v) is 5.62. The molecule has 1 N–H and O–H groups in total. The maximum atomic E-state index is 14.0. The lowest BCUT2D eigenvalue weighted by molar-refractivity contribution is 0.122. The smallest absolute Gasteiger partial charge is 0.146 e. The predicted molar refractivity (Wildman–Crippen MR) is 86.4 cm³/mol. The minimum atomic E-state index is -0.234. The molecule has 1 fully saturated rings. The summed E-state index contributed by atoms with van der Waals surface area (Å²) in [6.07, 6.45) is 0. The third-order valence-electron chi connectivity index (χ3n) is 3.93. The number of ether oxygens (including phenoxy) is 1. The molecule has 23 heavy (non-hydrogen) atoms. The highest BCUT2D eigenvalue weighted by Gasteiger charge is 2.15. The van der Waals surface area contributed by atoms with Crippen LogP contribution < -0.4 is 10.2 Å². The van der Waals surface area contributed by atoms with E-state index in [2.05, 4.69) is 5.32 Å². The van der Waals surface area contributed by atoms with E-state index in [4.69, 9.17) is 4.74 Å². The molecule has 2 aromatic carbocycles. The summed E-state index contributed by atoms with van der Waals surface area (Å²) >= 11 is 0. The second-order valence-electron chi connectivity index (χ2n) is 5.62. The quantitative estimate of drug-likeness (QED) is 0.917. The van der Waals surface area contributed by atoms with Crippen LogP contribution in [0.25, 0.3) is 0 Å². The molecule has 0 unspecified atom stereocenters. The molecular weight excluding hydrogens is 298 g/mol. The van der Waals surface area contributed by atoms with E-state index in [0.717, 1.165) is 11.1 Å². The first-order valence-electron chi connectivity index (χ1n) is 7.78. The highest BCUT2D eigenvalue weighted by atomic mass is 19.1. The Hall–Kier alpha value is -1.98. The largest absolute Gasteiger partial charge is 0.378 e. The van der Waals surface area contributed by atoms with Crippen molar-refractivity contribution in [3.63, 3.8) is 0 Å². The molecule has 1 aliphatic heterocycles. The van der Waals surface area contributed by atoms with Crippen molar-refractivity contribution in [3.05, 3.63) is 65.2 Å². The molecule has 0 amide bonds. The van der Waals surface area contributed by atoms with Crippen LogP contribution in [0.1, 0.15) is 11.1 Å². The Morgan fingerprint density at radius 3 is 2.30 bits per heavy atom. The lowest BCUT2D eigenvalue weighted by Gasteiger charge is -2.29. The van der Waals surface area contributed by atoms with Gasteiger partial charge < -0.3 is 15.0 Å². The van der Waals surface area contributed by atoms with Crippen LogP contribution in [-0.2, 0) is 17.8 Å². The van der Waals surface area contributed by atoms with E-state index >= 15 is 0 Å². The minimum absolute atomic E-state index is 0.200. The van der Waals surface area contributed by atoms with Crippen molar-refractivity contribution in [2.24, 2.45) is 0 Å². The summed E-state index contributed by atoms with van der Waals surface area (Å²) in [5, 5.41) is 3.30. The van der Waals surface area contributed by atoms with Crippen molar-refractivity contribution < 1.29 is 13.5 Å². The van der Waals surface area contributed by atoms with E-state index in [0.29, 0.717) is 45.1 Å². The molecule has 3 rings (SSSR count). The Labute approximate surface area is 134 Å². The summed E-state index contributed by atoms with van der Waals surface area (Å²) in [4.78, 5) is 2.02. The van der Waals surface area contributed by atoms with Gasteiger partial charge in [0.1, 0.15) is 11.6 Å². The maximum Gasteiger partial charge on any atom is 0.146 e. The molecule has 1 heterocycles. The standard InChI is InChI=1S/C18H20F2N2O/c19-16-4-1-14(2-5-16)12-21-13-15-3-6-17(20)18(11-15)22-7-9-23-10-8-22/h1-6,11,21H,7-10,12-13H2. The van der Waals surface area contributed by atoms with Crippen molar-refractivity contribution in [2.75, 3.05) is 31.2 Å². The first kappa shape index (κ1) is 15.9. The van der Waals surface area contributed by atoms with E-state index in [1.165, 1.54) is 18.2 Å². The van der Waals surface area contributed by atoms with Gasteiger partial charge in [-0.3, -0.25) is 0 Å². The number of anilines is 1. The van der Waals surface area contributed by atoms with E-state index in [1.54, 1.807) is 18.2 Å². The van der Waals surface area contributed by atoms with E-state index in [1.807, 2.05) is 11.0 Å². The van der Waals surface area contributed by atoms with Gasteiger partial charge in [-0.15, -0.1) is 0 Å². The molecular formula is C18H20F2N2O. The van der Waals surface area contributed by atoms with Gasteiger partial charge in [-0.2, -0.15) is 0 Å². The first-order valence-corrected chi connectivity index (χ1v) is 7.78. The Bertz CT molecular complexity index is 640. The zero-order chi connectivity index (χ0) is 16.1. The van der Waals surface area contributed by atoms with Crippen LogP contribution in [0.15, 0.2) is 42.5 Å². The number of halogens is 2. The van der Waals surface area contributed by atoms with Crippen molar-refractivity contribution >= 4 is 5.69 Å². The van der Waals surface area contributed by atoms with Crippen LogP contribution in [0.5, 0.6) is 0 Å². The molecule has 0 aliphatic carbocycles. The molecule has 0 spiro atoms. The average molecular weight is 318 g/mol. The number of nitrogens with one attached hydrogen (secondary N) is 1. The number of benzene rings is 2.